The summed E-state index contributed by atoms with van der Waals surface area (Å²) in [5, 5.41) is 4.92. The smallest absolute Gasteiger partial charge is 0.147 e. The number of carbonyl (C=O) groups is 1. The van der Waals surface area contributed by atoms with Crippen molar-refractivity contribution in [2.45, 2.75) is 19.4 Å². The molecule has 1 rings (SSSR count). The van der Waals surface area contributed by atoms with Crippen LogP contribution >= 0.6 is 11.3 Å². The van der Waals surface area contributed by atoms with Crippen molar-refractivity contribution in [2.24, 2.45) is 0 Å². The quantitative estimate of drug-likeness (QED) is 0.754. The Morgan fingerprint density at radius 3 is 3.00 bits per heavy atom. The van der Waals surface area contributed by atoms with Crippen LogP contribution in [0.3, 0.4) is 0 Å². The normalized spacial score (nSPS) is 12.8. The van der Waals surface area contributed by atoms with Gasteiger partial charge < -0.3 is 5.32 Å². The minimum Gasteiger partial charge on any atom is -0.310 e. The fraction of sp³-hybridized carbons (Fsp3) is 0.500. The van der Waals surface area contributed by atoms with Crippen LogP contribution in [0.2, 0.25) is 0 Å². The molecular formula is C8H12N2OS. The van der Waals surface area contributed by atoms with E-state index in [9.17, 15) is 4.79 Å². The summed E-state index contributed by atoms with van der Waals surface area (Å²) in [7, 11) is 1.79. The van der Waals surface area contributed by atoms with E-state index in [-0.39, 0.29) is 11.8 Å². The zero-order valence-electron chi connectivity index (χ0n) is 7.20. The average molecular weight is 184 g/mol. The summed E-state index contributed by atoms with van der Waals surface area (Å²) >= 11 is 1.55. The molecule has 0 aliphatic rings. The van der Waals surface area contributed by atoms with Gasteiger partial charge in [-0.25, -0.2) is 4.98 Å². The highest BCUT2D eigenvalue weighted by Crippen LogP contribution is 2.04. The van der Waals surface area contributed by atoms with Crippen molar-refractivity contribution in [3.05, 3.63) is 16.6 Å². The van der Waals surface area contributed by atoms with Crippen molar-refractivity contribution >= 4 is 17.1 Å². The second-order valence-corrected chi connectivity index (χ2v) is 3.35. The Kier molecular flexibility index (Phi) is 3.37. The molecule has 12 heavy (non-hydrogen) atoms. The summed E-state index contributed by atoms with van der Waals surface area (Å²) in [4.78, 5) is 15.1. The third kappa shape index (κ3) is 2.39. The van der Waals surface area contributed by atoms with Gasteiger partial charge in [0.2, 0.25) is 0 Å². The third-order valence-corrected chi connectivity index (χ3v) is 2.37. The Hall–Kier alpha value is -0.740. The molecule has 1 N–H and O–H groups in total. The van der Waals surface area contributed by atoms with E-state index >= 15 is 0 Å². The highest BCUT2D eigenvalue weighted by atomic mass is 32.1. The maximum absolute atomic E-state index is 11.0. The maximum atomic E-state index is 11.0. The van der Waals surface area contributed by atoms with Crippen molar-refractivity contribution in [3.63, 3.8) is 0 Å². The first kappa shape index (κ1) is 9.35. The van der Waals surface area contributed by atoms with E-state index in [1.54, 1.807) is 30.8 Å². The molecule has 1 heterocycles. The minimum absolute atomic E-state index is 0.0906. The number of nitrogens with one attached hydrogen (secondary N) is 1. The number of aromatic nitrogens is 1. The fourth-order valence-electron chi connectivity index (χ4n) is 0.997. The van der Waals surface area contributed by atoms with Gasteiger partial charge in [-0.3, -0.25) is 4.79 Å². The molecule has 0 aromatic carbocycles. The number of hydrogen-bond donors (Lipinski definition) is 1. The molecule has 0 bridgehead atoms. The molecule has 0 aliphatic heterocycles. The van der Waals surface area contributed by atoms with Gasteiger partial charge in [0.05, 0.1) is 17.2 Å². The lowest BCUT2D eigenvalue weighted by molar-refractivity contribution is -0.118. The van der Waals surface area contributed by atoms with Crippen molar-refractivity contribution in [3.8, 4) is 0 Å². The first-order valence-electron chi connectivity index (χ1n) is 3.79. The van der Waals surface area contributed by atoms with E-state index in [0.717, 1.165) is 5.69 Å². The van der Waals surface area contributed by atoms with Crippen LogP contribution in [0.4, 0.5) is 0 Å². The average Bonchev–Trinajstić information content (AvgIpc) is 2.51. The van der Waals surface area contributed by atoms with Crippen LogP contribution in [0.25, 0.3) is 0 Å². The molecule has 1 atom stereocenters. The Labute approximate surface area is 75.8 Å². The predicted octanol–water partition coefficient (Wildman–Crippen LogP) is 0.863. The standard InChI is InChI=1S/C8H12N2OS/c1-6(11)8(9-2)3-7-4-12-5-10-7/h4-5,8-9H,3H2,1-2H3/t8-/m0/s1. The largest absolute Gasteiger partial charge is 0.310 e. The number of thiazole rings is 1. The van der Waals surface area contributed by atoms with Crippen LogP contribution < -0.4 is 5.32 Å². The Morgan fingerprint density at radius 2 is 2.58 bits per heavy atom. The molecule has 1 aromatic heterocycles. The molecule has 1 aromatic rings. The Bertz CT molecular complexity index is 246. The molecule has 0 unspecified atom stereocenters. The van der Waals surface area contributed by atoms with Gasteiger partial charge in [-0.2, -0.15) is 0 Å². The second-order valence-electron chi connectivity index (χ2n) is 2.64. The molecule has 66 valence electrons. The number of carbonyl (C=O) groups excluding carboxylic acids is 1. The number of Topliss-reactive ketones (excluding diaryl/α,β-unsaturated/α-hetero) is 1. The van der Waals surface area contributed by atoms with Gasteiger partial charge in [0.1, 0.15) is 5.78 Å². The number of ketones is 1. The van der Waals surface area contributed by atoms with Crippen LogP contribution in [0.15, 0.2) is 10.9 Å². The molecule has 0 spiro atoms. The zero-order valence-corrected chi connectivity index (χ0v) is 8.02. The monoisotopic (exact) mass is 184 g/mol. The molecule has 0 radical (unpaired) electrons. The summed E-state index contributed by atoms with van der Waals surface area (Å²) in [6.07, 6.45) is 0.690. The molecule has 4 heteroatoms. The highest BCUT2D eigenvalue weighted by molar-refractivity contribution is 7.07. The first-order chi connectivity index (χ1) is 5.74. The number of rotatable bonds is 4. The first-order valence-corrected chi connectivity index (χ1v) is 4.73. The lowest BCUT2D eigenvalue weighted by atomic mass is 10.1. The lowest BCUT2D eigenvalue weighted by Crippen LogP contribution is -2.34. The molecule has 0 amide bonds. The zero-order chi connectivity index (χ0) is 8.97. The number of likely N-dealkylation sites (N-methyl/N-ethyl adjacent to an activating group) is 1. The van der Waals surface area contributed by atoms with Gasteiger partial charge in [-0.15, -0.1) is 11.3 Å². The molecule has 0 saturated carbocycles. The Balaban J connectivity index is 2.54. The SMILES string of the molecule is CN[C@@H](Cc1cscn1)C(C)=O. The minimum atomic E-state index is -0.0906. The predicted molar refractivity (Wildman–Crippen MR) is 49.3 cm³/mol. The van der Waals surface area contributed by atoms with Crippen molar-refractivity contribution < 1.29 is 4.79 Å². The van der Waals surface area contributed by atoms with Crippen LogP contribution in [0.1, 0.15) is 12.6 Å². The van der Waals surface area contributed by atoms with Crippen LogP contribution in [-0.2, 0) is 11.2 Å². The number of nitrogens with zero attached hydrogens (tertiary/aromatic N) is 1. The van der Waals surface area contributed by atoms with Gasteiger partial charge >= 0.3 is 0 Å². The third-order valence-electron chi connectivity index (χ3n) is 1.74. The molecule has 3 nitrogen and oxygen atoms in total. The summed E-state index contributed by atoms with van der Waals surface area (Å²) < 4.78 is 0. The molecular weight excluding hydrogens is 172 g/mol. The van der Waals surface area contributed by atoms with Crippen LogP contribution in [0.5, 0.6) is 0 Å². The van der Waals surface area contributed by atoms with E-state index in [4.69, 9.17) is 0 Å². The van der Waals surface area contributed by atoms with E-state index in [2.05, 4.69) is 10.3 Å². The molecule has 0 fully saturated rings. The van der Waals surface area contributed by atoms with Gasteiger partial charge in [0.15, 0.2) is 0 Å². The van der Waals surface area contributed by atoms with Crippen LogP contribution in [-0.4, -0.2) is 23.9 Å². The van der Waals surface area contributed by atoms with E-state index in [1.807, 2.05) is 5.38 Å². The van der Waals surface area contributed by atoms with Crippen molar-refractivity contribution in [1.82, 2.24) is 10.3 Å². The summed E-state index contributed by atoms with van der Waals surface area (Å²) in [6, 6.07) is -0.0906. The van der Waals surface area contributed by atoms with Crippen molar-refractivity contribution in [1.29, 1.82) is 0 Å². The van der Waals surface area contributed by atoms with E-state index in [0.29, 0.717) is 6.42 Å². The Morgan fingerprint density at radius 1 is 1.83 bits per heavy atom. The second kappa shape index (κ2) is 4.33. The molecule has 0 aliphatic carbocycles. The summed E-state index contributed by atoms with van der Waals surface area (Å²) in [5.41, 5.74) is 2.76. The van der Waals surface area contributed by atoms with Crippen LogP contribution in [0, 0.1) is 0 Å². The topological polar surface area (TPSA) is 42.0 Å². The summed E-state index contributed by atoms with van der Waals surface area (Å²) in [5.74, 6) is 0.158. The van der Waals surface area contributed by atoms with Crippen molar-refractivity contribution in [2.75, 3.05) is 7.05 Å². The van der Waals surface area contributed by atoms with Gasteiger partial charge in [0.25, 0.3) is 0 Å². The van der Waals surface area contributed by atoms with Gasteiger partial charge in [-0.05, 0) is 14.0 Å². The number of hydrogen-bond acceptors (Lipinski definition) is 4. The summed E-state index contributed by atoms with van der Waals surface area (Å²) in [6.45, 7) is 1.59. The van der Waals surface area contributed by atoms with E-state index in [1.165, 1.54) is 0 Å². The van der Waals surface area contributed by atoms with E-state index < -0.39 is 0 Å². The lowest BCUT2D eigenvalue weighted by Gasteiger charge is -2.09. The highest BCUT2D eigenvalue weighted by Gasteiger charge is 2.12. The van der Waals surface area contributed by atoms with Gasteiger partial charge in [0, 0.05) is 11.8 Å². The maximum Gasteiger partial charge on any atom is 0.147 e. The fourth-order valence-corrected chi connectivity index (χ4v) is 1.57. The van der Waals surface area contributed by atoms with Gasteiger partial charge in [-0.1, -0.05) is 0 Å². The molecule has 0 saturated heterocycles.